The number of hydrogen-bond acceptors (Lipinski definition) is 5. The van der Waals surface area contributed by atoms with Crippen LogP contribution in [0.2, 0.25) is 0 Å². The molecule has 0 amide bonds. The maximum Gasteiger partial charge on any atom is 0.258 e. The van der Waals surface area contributed by atoms with Crippen molar-refractivity contribution in [3.05, 3.63) is 69.2 Å². The van der Waals surface area contributed by atoms with Crippen LogP contribution in [0.3, 0.4) is 0 Å². The molecule has 2 aromatic heterocycles. The van der Waals surface area contributed by atoms with Gasteiger partial charge in [-0.2, -0.15) is 0 Å². The smallest absolute Gasteiger partial charge is 0.258 e. The molecule has 0 fully saturated rings. The van der Waals surface area contributed by atoms with E-state index < -0.39 is 5.60 Å². The first-order valence-corrected chi connectivity index (χ1v) is 10.2. The van der Waals surface area contributed by atoms with Gasteiger partial charge in [-0.05, 0) is 42.7 Å². The molecule has 0 radical (unpaired) electrons. The molecule has 4 heterocycles. The van der Waals surface area contributed by atoms with Gasteiger partial charge in [0, 0.05) is 16.5 Å². The van der Waals surface area contributed by atoms with Crippen molar-refractivity contribution in [2.45, 2.75) is 45.4 Å². The van der Waals surface area contributed by atoms with Crippen LogP contribution in [0.5, 0.6) is 5.75 Å². The fraction of sp³-hybridized carbons (Fsp3) is 0.333. The Balaban J connectivity index is 1.81. The van der Waals surface area contributed by atoms with Crippen LogP contribution in [0.4, 0.5) is 0 Å². The maximum absolute atomic E-state index is 13.4. The third-order valence-electron chi connectivity index (χ3n) is 6.53. The molecule has 2 aliphatic heterocycles. The summed E-state index contributed by atoms with van der Waals surface area (Å²) in [5, 5.41) is 12.3. The average Bonchev–Trinajstić information content (AvgIpc) is 3.13. The van der Waals surface area contributed by atoms with Gasteiger partial charge < -0.3 is 19.1 Å². The number of aliphatic hydroxyl groups is 1. The van der Waals surface area contributed by atoms with Gasteiger partial charge >= 0.3 is 0 Å². The molecule has 2 aliphatic rings. The molecule has 0 aliphatic carbocycles. The second-order valence-corrected chi connectivity index (χ2v) is 7.89. The number of aryl methyl sites for hydroxylation is 1. The van der Waals surface area contributed by atoms with Crippen molar-refractivity contribution >= 4 is 10.9 Å². The van der Waals surface area contributed by atoms with Crippen molar-refractivity contribution in [2.24, 2.45) is 0 Å². The van der Waals surface area contributed by atoms with E-state index in [1.54, 1.807) is 11.7 Å². The van der Waals surface area contributed by atoms with E-state index in [0.29, 0.717) is 24.1 Å². The summed E-state index contributed by atoms with van der Waals surface area (Å²) in [5.41, 5.74) is 4.20. The molecule has 6 heteroatoms. The zero-order valence-electron chi connectivity index (χ0n) is 17.4. The van der Waals surface area contributed by atoms with E-state index in [-0.39, 0.29) is 17.9 Å². The molecule has 1 N–H and O–H groups in total. The number of pyridine rings is 2. The van der Waals surface area contributed by atoms with Crippen LogP contribution in [-0.2, 0) is 29.9 Å². The fourth-order valence-corrected chi connectivity index (χ4v) is 4.79. The predicted octanol–water partition coefficient (Wildman–Crippen LogP) is 3.64. The number of methoxy groups -OCH3 is 1. The minimum absolute atomic E-state index is 0.124. The standard InChI is InChI=1S/C24H24N2O4/c1-5-15-16-9-14(29-4)7-8-20(16)25-22-17(15)11-26-21(22)10-19-18(23(26)27)12-30-13(3)24(19,28)6-2/h7-10,28H,3,5-6,11-12H2,1-2,4H3/t24-/m1/s1. The Hall–Kier alpha value is -3.12. The van der Waals surface area contributed by atoms with E-state index in [9.17, 15) is 9.90 Å². The number of ether oxygens (including phenoxy) is 2. The number of hydrogen-bond donors (Lipinski definition) is 1. The first-order valence-electron chi connectivity index (χ1n) is 10.2. The topological polar surface area (TPSA) is 73.6 Å². The van der Waals surface area contributed by atoms with Gasteiger partial charge in [-0.3, -0.25) is 4.79 Å². The van der Waals surface area contributed by atoms with Crippen LogP contribution in [-0.4, -0.2) is 21.8 Å². The summed E-state index contributed by atoms with van der Waals surface area (Å²) in [6, 6.07) is 7.76. The van der Waals surface area contributed by atoms with Gasteiger partial charge in [-0.15, -0.1) is 0 Å². The predicted molar refractivity (Wildman–Crippen MR) is 115 cm³/mol. The van der Waals surface area contributed by atoms with Crippen LogP contribution in [0.25, 0.3) is 22.3 Å². The largest absolute Gasteiger partial charge is 0.497 e. The van der Waals surface area contributed by atoms with E-state index in [0.717, 1.165) is 40.0 Å². The average molecular weight is 404 g/mol. The summed E-state index contributed by atoms with van der Waals surface area (Å²) in [6.07, 6.45) is 1.19. The van der Waals surface area contributed by atoms with E-state index in [1.807, 2.05) is 31.2 Å². The van der Waals surface area contributed by atoms with Crippen molar-refractivity contribution < 1.29 is 14.6 Å². The highest BCUT2D eigenvalue weighted by Crippen LogP contribution is 2.43. The first kappa shape index (κ1) is 18.9. The monoisotopic (exact) mass is 404 g/mol. The molecule has 0 saturated heterocycles. The van der Waals surface area contributed by atoms with E-state index in [2.05, 4.69) is 13.5 Å². The Labute approximate surface area is 174 Å². The Morgan fingerprint density at radius 2 is 2.10 bits per heavy atom. The van der Waals surface area contributed by atoms with Crippen LogP contribution in [0.15, 0.2) is 41.4 Å². The highest BCUT2D eigenvalue weighted by molar-refractivity contribution is 5.89. The molecule has 3 aromatic rings. The third-order valence-corrected chi connectivity index (χ3v) is 6.53. The van der Waals surface area contributed by atoms with Crippen molar-refractivity contribution in [3.63, 3.8) is 0 Å². The first-order chi connectivity index (χ1) is 14.4. The number of rotatable bonds is 3. The van der Waals surface area contributed by atoms with Crippen molar-refractivity contribution in [2.75, 3.05) is 7.11 Å². The molecule has 0 bridgehead atoms. The lowest BCUT2D eigenvalue weighted by atomic mass is 9.84. The molecule has 5 rings (SSSR count). The third kappa shape index (κ3) is 2.34. The maximum atomic E-state index is 13.4. The minimum atomic E-state index is -1.37. The number of aromatic nitrogens is 2. The van der Waals surface area contributed by atoms with Crippen LogP contribution in [0.1, 0.15) is 42.5 Å². The summed E-state index contributed by atoms with van der Waals surface area (Å²) in [4.78, 5) is 18.3. The zero-order valence-corrected chi connectivity index (χ0v) is 17.4. The van der Waals surface area contributed by atoms with Gasteiger partial charge in [0.1, 0.15) is 23.7 Å². The highest BCUT2D eigenvalue weighted by Gasteiger charge is 2.41. The fourth-order valence-electron chi connectivity index (χ4n) is 4.79. The summed E-state index contributed by atoms with van der Waals surface area (Å²) in [7, 11) is 1.65. The molecular weight excluding hydrogens is 380 g/mol. The van der Waals surface area contributed by atoms with Crippen LogP contribution >= 0.6 is 0 Å². The Kier molecular flexibility index (Phi) is 4.05. The molecule has 6 nitrogen and oxygen atoms in total. The number of nitrogens with zero attached hydrogens (tertiary/aromatic N) is 2. The molecule has 1 aromatic carbocycles. The Morgan fingerprint density at radius 1 is 1.30 bits per heavy atom. The second kappa shape index (κ2) is 6.44. The zero-order chi connectivity index (χ0) is 21.2. The van der Waals surface area contributed by atoms with E-state index >= 15 is 0 Å². The van der Waals surface area contributed by atoms with Gasteiger partial charge in [0.2, 0.25) is 0 Å². The molecule has 0 spiro atoms. The molecule has 30 heavy (non-hydrogen) atoms. The lowest BCUT2D eigenvalue weighted by Crippen LogP contribution is -2.38. The van der Waals surface area contributed by atoms with Crippen LogP contribution in [0, 0.1) is 0 Å². The van der Waals surface area contributed by atoms with Crippen molar-refractivity contribution in [1.82, 2.24) is 9.55 Å². The van der Waals surface area contributed by atoms with Crippen LogP contribution < -0.4 is 10.3 Å². The Bertz CT molecular complexity index is 1290. The Morgan fingerprint density at radius 3 is 2.80 bits per heavy atom. The van der Waals surface area contributed by atoms with Gasteiger partial charge in [-0.25, -0.2) is 4.98 Å². The van der Waals surface area contributed by atoms with Gasteiger partial charge in [0.25, 0.3) is 5.56 Å². The lowest BCUT2D eigenvalue weighted by Gasteiger charge is -2.35. The summed E-state index contributed by atoms with van der Waals surface area (Å²) in [5.74, 6) is 1.07. The highest BCUT2D eigenvalue weighted by atomic mass is 16.5. The summed E-state index contributed by atoms with van der Waals surface area (Å²) < 4.78 is 12.7. The van der Waals surface area contributed by atoms with Gasteiger partial charge in [-0.1, -0.05) is 20.4 Å². The second-order valence-electron chi connectivity index (χ2n) is 7.89. The number of benzene rings is 1. The lowest BCUT2D eigenvalue weighted by molar-refractivity contribution is -0.0172. The minimum Gasteiger partial charge on any atom is -0.497 e. The van der Waals surface area contributed by atoms with Gasteiger partial charge in [0.15, 0.2) is 0 Å². The number of fused-ring (bicyclic) bond motifs is 5. The molecule has 1 atom stereocenters. The SMILES string of the molecule is C=C1OCc2c(cc3n(c2=O)Cc2c-3nc3ccc(OC)cc3c2CC)[C@@]1(O)CC. The van der Waals surface area contributed by atoms with Gasteiger partial charge in [0.05, 0.1) is 36.1 Å². The van der Waals surface area contributed by atoms with E-state index in [1.165, 1.54) is 5.56 Å². The van der Waals surface area contributed by atoms with Crippen molar-refractivity contribution in [3.8, 4) is 17.1 Å². The normalized spacial score (nSPS) is 19.3. The molecule has 0 saturated carbocycles. The molecular formula is C24H24N2O4. The quantitative estimate of drug-likeness (QED) is 0.564. The summed E-state index contributed by atoms with van der Waals surface area (Å²) >= 11 is 0. The molecule has 154 valence electrons. The van der Waals surface area contributed by atoms with E-state index in [4.69, 9.17) is 14.5 Å². The van der Waals surface area contributed by atoms with Crippen molar-refractivity contribution in [1.29, 1.82) is 0 Å². The molecule has 0 unspecified atom stereocenters. The summed E-state index contributed by atoms with van der Waals surface area (Å²) in [6.45, 7) is 8.44.